The van der Waals surface area contributed by atoms with Gasteiger partial charge in [-0.25, -0.2) is 8.78 Å². The fraction of sp³-hybridized carbons (Fsp3) is 0.611. The van der Waals surface area contributed by atoms with E-state index in [0.29, 0.717) is 18.6 Å². The van der Waals surface area contributed by atoms with Crippen LogP contribution in [0.15, 0.2) is 23.2 Å². The fourth-order valence-electron chi connectivity index (χ4n) is 3.92. The molecule has 1 aromatic rings. The molecule has 7 heteroatoms. The van der Waals surface area contributed by atoms with Gasteiger partial charge in [0, 0.05) is 18.2 Å². The Morgan fingerprint density at radius 2 is 1.92 bits per heavy atom. The van der Waals surface area contributed by atoms with Crippen LogP contribution in [0.3, 0.4) is 0 Å². The molecule has 0 amide bonds. The summed E-state index contributed by atoms with van der Waals surface area (Å²) in [6.45, 7) is 1.74. The van der Waals surface area contributed by atoms with Crippen LogP contribution in [0.2, 0.25) is 0 Å². The van der Waals surface area contributed by atoms with E-state index >= 15 is 0 Å². The molecule has 3 rings (SSSR count). The largest absolute Gasteiger partial charge is 0.370 e. The van der Waals surface area contributed by atoms with E-state index in [1.165, 1.54) is 38.5 Å². The van der Waals surface area contributed by atoms with Crippen LogP contribution in [0, 0.1) is 11.6 Å². The lowest BCUT2D eigenvalue weighted by molar-refractivity contribution is 0.145. The summed E-state index contributed by atoms with van der Waals surface area (Å²) in [5.41, 5.74) is 5.88. The summed E-state index contributed by atoms with van der Waals surface area (Å²) in [7, 11) is 0. The first-order valence-corrected chi connectivity index (χ1v) is 8.91. The number of rotatable bonds is 4. The van der Waals surface area contributed by atoms with Crippen molar-refractivity contribution in [1.82, 2.24) is 4.90 Å². The molecule has 1 aliphatic carbocycles. The summed E-state index contributed by atoms with van der Waals surface area (Å²) in [5, 5.41) is 2.66. The van der Waals surface area contributed by atoms with Crippen molar-refractivity contribution in [2.45, 2.75) is 57.0 Å². The van der Waals surface area contributed by atoms with Gasteiger partial charge in [-0.1, -0.05) is 19.3 Å². The maximum Gasteiger partial charge on any atom is 0.193 e. The van der Waals surface area contributed by atoms with Gasteiger partial charge in [0.2, 0.25) is 0 Å². The second-order valence-electron chi connectivity index (χ2n) is 6.80. The molecular weight excluding hydrogens is 437 g/mol. The average molecular weight is 464 g/mol. The number of guanidine groups is 1. The summed E-state index contributed by atoms with van der Waals surface area (Å²) in [4.78, 5) is 6.95. The topological polar surface area (TPSA) is 53.6 Å². The average Bonchev–Trinajstić information content (AvgIpc) is 3.06. The van der Waals surface area contributed by atoms with Crippen LogP contribution < -0.4 is 11.1 Å². The van der Waals surface area contributed by atoms with Gasteiger partial charge < -0.3 is 11.1 Å². The lowest BCUT2D eigenvalue weighted by Crippen LogP contribution is -2.42. The predicted octanol–water partition coefficient (Wildman–Crippen LogP) is 4.11. The summed E-state index contributed by atoms with van der Waals surface area (Å²) in [6.07, 6.45) is 8.87. The standard InChI is InChI=1S/C18H26F2N4.HI/c19-13-8-9-16(20)17(11-13)23-18(21)22-12-15-7-4-10-24(15)14-5-2-1-3-6-14;/h8-9,11,14-15H,1-7,10,12H2,(H3,21,22,23);1H. The lowest BCUT2D eigenvalue weighted by Gasteiger charge is -2.35. The zero-order chi connectivity index (χ0) is 16.9. The van der Waals surface area contributed by atoms with Gasteiger partial charge in [-0.3, -0.25) is 9.89 Å². The Kier molecular flexibility index (Phi) is 7.86. The van der Waals surface area contributed by atoms with E-state index < -0.39 is 11.6 Å². The second kappa shape index (κ2) is 9.66. The Balaban J connectivity index is 0.00000225. The lowest BCUT2D eigenvalue weighted by atomic mass is 9.94. The Hall–Kier alpha value is -0.960. The number of nitrogens with one attached hydrogen (secondary N) is 1. The van der Waals surface area contributed by atoms with Gasteiger partial charge in [-0.2, -0.15) is 0 Å². The van der Waals surface area contributed by atoms with Crippen LogP contribution in [0.5, 0.6) is 0 Å². The second-order valence-corrected chi connectivity index (χ2v) is 6.80. The maximum absolute atomic E-state index is 13.6. The predicted molar refractivity (Wildman–Crippen MR) is 108 cm³/mol. The van der Waals surface area contributed by atoms with Crippen LogP contribution in [0.25, 0.3) is 0 Å². The minimum absolute atomic E-state index is 0. The van der Waals surface area contributed by atoms with E-state index in [1.807, 2.05) is 0 Å². The van der Waals surface area contributed by atoms with Crippen molar-refractivity contribution in [3.63, 3.8) is 0 Å². The van der Waals surface area contributed by atoms with Gasteiger partial charge in [0.25, 0.3) is 0 Å². The molecule has 0 bridgehead atoms. The zero-order valence-corrected chi connectivity index (χ0v) is 16.7. The molecule has 1 aliphatic heterocycles. The number of nitrogens with zero attached hydrogens (tertiary/aromatic N) is 2. The van der Waals surface area contributed by atoms with Gasteiger partial charge in [0.15, 0.2) is 5.96 Å². The number of hydrogen-bond donors (Lipinski definition) is 2. The third-order valence-corrected chi connectivity index (χ3v) is 5.13. The van der Waals surface area contributed by atoms with Crippen LogP contribution in [0.4, 0.5) is 14.5 Å². The van der Waals surface area contributed by atoms with Crippen molar-refractivity contribution in [1.29, 1.82) is 0 Å². The number of benzene rings is 1. The van der Waals surface area contributed by atoms with Crippen LogP contribution in [-0.2, 0) is 0 Å². The monoisotopic (exact) mass is 464 g/mol. The van der Waals surface area contributed by atoms with Crippen molar-refractivity contribution in [3.05, 3.63) is 29.8 Å². The first-order chi connectivity index (χ1) is 11.6. The molecule has 140 valence electrons. The number of likely N-dealkylation sites (tertiary alicyclic amines) is 1. The molecule has 1 saturated carbocycles. The maximum atomic E-state index is 13.6. The molecule has 1 aromatic carbocycles. The molecule has 4 nitrogen and oxygen atoms in total. The van der Waals surface area contributed by atoms with Crippen LogP contribution >= 0.6 is 24.0 Å². The number of anilines is 1. The van der Waals surface area contributed by atoms with Crippen molar-refractivity contribution in [2.75, 3.05) is 18.4 Å². The van der Waals surface area contributed by atoms with E-state index in [1.54, 1.807) is 0 Å². The van der Waals surface area contributed by atoms with Gasteiger partial charge >= 0.3 is 0 Å². The molecular formula is C18H27F2IN4. The molecule has 1 unspecified atom stereocenters. The van der Waals surface area contributed by atoms with Crippen LogP contribution in [-0.4, -0.2) is 36.0 Å². The molecule has 1 atom stereocenters. The summed E-state index contributed by atoms with van der Waals surface area (Å²) in [6, 6.07) is 4.32. The minimum Gasteiger partial charge on any atom is -0.370 e. The van der Waals surface area contributed by atoms with E-state index in [9.17, 15) is 8.78 Å². The first kappa shape index (κ1) is 20.4. The molecule has 25 heavy (non-hydrogen) atoms. The number of nitrogens with two attached hydrogens (primary N) is 1. The molecule has 0 spiro atoms. The highest BCUT2D eigenvalue weighted by Crippen LogP contribution is 2.29. The smallest absolute Gasteiger partial charge is 0.193 e. The first-order valence-electron chi connectivity index (χ1n) is 8.91. The van der Waals surface area contributed by atoms with E-state index in [2.05, 4.69) is 15.2 Å². The van der Waals surface area contributed by atoms with Crippen molar-refractivity contribution >= 4 is 35.6 Å². The summed E-state index contributed by atoms with van der Waals surface area (Å²) < 4.78 is 26.8. The van der Waals surface area contributed by atoms with Crippen molar-refractivity contribution in [3.8, 4) is 0 Å². The van der Waals surface area contributed by atoms with Gasteiger partial charge in [0.05, 0.1) is 12.2 Å². The molecule has 0 radical (unpaired) electrons. The fourth-order valence-corrected chi connectivity index (χ4v) is 3.92. The third kappa shape index (κ3) is 5.51. The number of halogens is 3. The summed E-state index contributed by atoms with van der Waals surface area (Å²) >= 11 is 0. The van der Waals surface area contributed by atoms with Gasteiger partial charge in [0.1, 0.15) is 11.6 Å². The molecule has 3 N–H and O–H groups in total. The molecule has 1 heterocycles. The highest BCUT2D eigenvalue weighted by molar-refractivity contribution is 14.0. The van der Waals surface area contributed by atoms with Gasteiger partial charge in [-0.15, -0.1) is 24.0 Å². The summed E-state index contributed by atoms with van der Waals surface area (Å²) in [5.74, 6) is -0.916. The molecule has 1 saturated heterocycles. The Morgan fingerprint density at radius 1 is 1.16 bits per heavy atom. The highest BCUT2D eigenvalue weighted by Gasteiger charge is 2.31. The Bertz CT molecular complexity index is 590. The number of aliphatic imine (C=N–C) groups is 1. The van der Waals surface area contributed by atoms with E-state index in [0.717, 1.165) is 31.2 Å². The third-order valence-electron chi connectivity index (χ3n) is 5.13. The van der Waals surface area contributed by atoms with Crippen molar-refractivity contribution in [2.24, 2.45) is 10.7 Å². The zero-order valence-electron chi connectivity index (χ0n) is 14.4. The quantitative estimate of drug-likeness (QED) is 0.401. The molecule has 2 aliphatic rings. The number of hydrogen-bond acceptors (Lipinski definition) is 2. The SMILES string of the molecule is I.NC(=NCC1CCCN1C1CCCCC1)Nc1cc(F)ccc1F. The molecule has 2 fully saturated rings. The minimum atomic E-state index is -0.542. The highest BCUT2D eigenvalue weighted by atomic mass is 127. The van der Waals surface area contributed by atoms with E-state index in [4.69, 9.17) is 5.73 Å². The normalized spacial score (nSPS) is 22.6. The Morgan fingerprint density at radius 3 is 2.68 bits per heavy atom. The van der Waals surface area contributed by atoms with E-state index in [-0.39, 0.29) is 35.6 Å². The van der Waals surface area contributed by atoms with Gasteiger partial charge in [-0.05, 0) is 44.4 Å². The van der Waals surface area contributed by atoms with Crippen molar-refractivity contribution < 1.29 is 8.78 Å². The van der Waals surface area contributed by atoms with Crippen LogP contribution in [0.1, 0.15) is 44.9 Å². The molecule has 0 aromatic heterocycles. The Labute approximate surface area is 165 Å².